The van der Waals surface area contributed by atoms with Gasteiger partial charge in [-0.15, -0.1) is 0 Å². The number of nitriles is 1. The number of hydrogen-bond acceptors (Lipinski definition) is 5. The molecular formula is C9H7FN2O3. The van der Waals surface area contributed by atoms with E-state index in [9.17, 15) is 14.3 Å². The van der Waals surface area contributed by atoms with Gasteiger partial charge in [0.25, 0.3) is 0 Å². The van der Waals surface area contributed by atoms with Crippen molar-refractivity contribution in [2.45, 2.75) is 12.2 Å². The Balaban J connectivity index is 3.06. The first-order chi connectivity index (χ1) is 7.10. The summed E-state index contributed by atoms with van der Waals surface area (Å²) < 4.78 is 12.8. The number of hydrogen-bond donors (Lipinski definition) is 2. The molecule has 0 spiro atoms. The highest BCUT2D eigenvalue weighted by Crippen LogP contribution is 2.17. The Hall–Kier alpha value is -1.84. The molecule has 0 fully saturated rings. The van der Waals surface area contributed by atoms with E-state index in [4.69, 9.17) is 10.4 Å². The zero-order valence-electron chi connectivity index (χ0n) is 7.46. The van der Waals surface area contributed by atoms with Crippen LogP contribution in [0.1, 0.15) is 22.0 Å². The first-order valence-electron chi connectivity index (χ1n) is 3.96. The highest BCUT2D eigenvalue weighted by Gasteiger charge is 2.19. The maximum atomic E-state index is 12.8. The average Bonchev–Trinajstić information content (AvgIpc) is 2.27. The first kappa shape index (κ1) is 11.2. The third-order valence-electron chi connectivity index (χ3n) is 1.79. The van der Waals surface area contributed by atoms with Crippen LogP contribution in [-0.4, -0.2) is 27.6 Å². The Morgan fingerprint density at radius 2 is 2.27 bits per heavy atom. The van der Waals surface area contributed by atoms with E-state index in [0.717, 1.165) is 12.3 Å². The van der Waals surface area contributed by atoms with Crippen LogP contribution >= 0.6 is 0 Å². The molecular weight excluding hydrogens is 203 g/mol. The largest absolute Gasteiger partial charge is 0.384 e. The average molecular weight is 210 g/mol. The Bertz CT molecular complexity index is 416. The molecule has 0 aliphatic heterocycles. The van der Waals surface area contributed by atoms with Gasteiger partial charge in [-0.25, -0.2) is 4.98 Å². The van der Waals surface area contributed by atoms with Crippen LogP contribution in [0, 0.1) is 17.3 Å². The summed E-state index contributed by atoms with van der Waals surface area (Å²) in [4.78, 5) is 13.6. The van der Waals surface area contributed by atoms with Crippen molar-refractivity contribution in [2.75, 3.05) is 0 Å². The molecule has 0 amide bonds. The van der Waals surface area contributed by atoms with Crippen LogP contribution in [0.5, 0.6) is 0 Å². The minimum Gasteiger partial charge on any atom is -0.384 e. The fourth-order valence-electron chi connectivity index (χ4n) is 0.979. The second-order valence-electron chi connectivity index (χ2n) is 2.79. The fourth-order valence-corrected chi connectivity index (χ4v) is 0.979. The van der Waals surface area contributed by atoms with Gasteiger partial charge in [0, 0.05) is 11.8 Å². The predicted octanol–water partition coefficient (Wildman–Crippen LogP) is -0.0489. The SMILES string of the molecule is N#CC(O)C(O)c1cnc(F)c(C=O)c1. The van der Waals surface area contributed by atoms with Gasteiger partial charge in [-0.3, -0.25) is 4.79 Å². The van der Waals surface area contributed by atoms with Crippen molar-refractivity contribution in [3.8, 4) is 6.07 Å². The Morgan fingerprint density at radius 3 is 2.80 bits per heavy atom. The second kappa shape index (κ2) is 4.59. The maximum Gasteiger partial charge on any atom is 0.223 e. The quantitative estimate of drug-likeness (QED) is 0.414. The first-order valence-corrected chi connectivity index (χ1v) is 3.96. The number of carbonyl (C=O) groups is 1. The molecule has 0 aromatic carbocycles. The summed E-state index contributed by atoms with van der Waals surface area (Å²) in [5.41, 5.74) is -0.329. The van der Waals surface area contributed by atoms with Gasteiger partial charge in [0.15, 0.2) is 12.4 Å². The fraction of sp³-hybridized carbons (Fsp3) is 0.222. The van der Waals surface area contributed by atoms with Crippen LogP contribution in [0.25, 0.3) is 0 Å². The standard InChI is InChI=1S/C9H7FN2O3/c10-9-6(4-13)1-5(3-12-9)8(15)7(14)2-11/h1,3-4,7-8,14-15H. The van der Waals surface area contributed by atoms with Crippen molar-refractivity contribution in [2.24, 2.45) is 0 Å². The van der Waals surface area contributed by atoms with Crippen molar-refractivity contribution < 1.29 is 19.4 Å². The van der Waals surface area contributed by atoms with Gasteiger partial charge in [-0.2, -0.15) is 9.65 Å². The van der Waals surface area contributed by atoms with Gasteiger partial charge in [0.1, 0.15) is 6.10 Å². The molecule has 2 unspecified atom stereocenters. The zero-order chi connectivity index (χ0) is 11.4. The van der Waals surface area contributed by atoms with Crippen molar-refractivity contribution in [3.05, 3.63) is 29.3 Å². The van der Waals surface area contributed by atoms with Crippen molar-refractivity contribution in [1.82, 2.24) is 4.98 Å². The monoisotopic (exact) mass is 210 g/mol. The summed E-state index contributed by atoms with van der Waals surface area (Å²) in [5.74, 6) is -0.965. The normalized spacial score (nSPS) is 14.0. The smallest absolute Gasteiger partial charge is 0.223 e. The maximum absolute atomic E-state index is 12.8. The molecule has 2 atom stereocenters. The lowest BCUT2D eigenvalue weighted by molar-refractivity contribution is 0.0524. The Kier molecular flexibility index (Phi) is 3.44. The molecule has 0 aliphatic carbocycles. The molecule has 5 nitrogen and oxygen atoms in total. The lowest BCUT2D eigenvalue weighted by atomic mass is 10.1. The molecule has 1 heterocycles. The van der Waals surface area contributed by atoms with Gasteiger partial charge in [0.05, 0.1) is 11.6 Å². The second-order valence-corrected chi connectivity index (χ2v) is 2.79. The molecule has 6 heteroatoms. The third-order valence-corrected chi connectivity index (χ3v) is 1.79. The van der Waals surface area contributed by atoms with E-state index in [1.807, 2.05) is 0 Å². The molecule has 1 aromatic heterocycles. The molecule has 1 aromatic rings. The molecule has 0 bridgehead atoms. The zero-order valence-corrected chi connectivity index (χ0v) is 7.46. The van der Waals surface area contributed by atoms with E-state index in [-0.39, 0.29) is 17.4 Å². The van der Waals surface area contributed by atoms with Gasteiger partial charge in [-0.1, -0.05) is 0 Å². The summed E-state index contributed by atoms with van der Waals surface area (Å²) >= 11 is 0. The van der Waals surface area contributed by atoms with Crippen molar-refractivity contribution in [3.63, 3.8) is 0 Å². The Labute approximate surface area is 84.4 Å². The number of aldehydes is 1. The molecule has 0 saturated heterocycles. The number of pyridine rings is 1. The van der Waals surface area contributed by atoms with Crippen LogP contribution < -0.4 is 0 Å². The highest BCUT2D eigenvalue weighted by atomic mass is 19.1. The molecule has 2 N–H and O–H groups in total. The number of nitrogens with zero attached hydrogens (tertiary/aromatic N) is 2. The van der Waals surface area contributed by atoms with E-state index in [2.05, 4.69) is 4.98 Å². The summed E-state index contributed by atoms with van der Waals surface area (Å²) in [6.45, 7) is 0. The van der Waals surface area contributed by atoms with Gasteiger partial charge < -0.3 is 10.2 Å². The van der Waals surface area contributed by atoms with Crippen LogP contribution in [0.3, 0.4) is 0 Å². The van der Waals surface area contributed by atoms with Gasteiger partial charge >= 0.3 is 0 Å². The van der Waals surface area contributed by atoms with Crippen LogP contribution in [0.2, 0.25) is 0 Å². The molecule has 1 rings (SSSR count). The molecule has 0 aliphatic rings. The topological polar surface area (TPSA) is 94.2 Å². The summed E-state index contributed by atoms with van der Waals surface area (Å²) in [6.07, 6.45) is -1.97. The number of aromatic nitrogens is 1. The van der Waals surface area contributed by atoms with Crippen molar-refractivity contribution in [1.29, 1.82) is 5.26 Å². The van der Waals surface area contributed by atoms with Crippen LogP contribution in [-0.2, 0) is 0 Å². The minimum atomic E-state index is -1.64. The number of rotatable bonds is 3. The van der Waals surface area contributed by atoms with Crippen molar-refractivity contribution >= 4 is 6.29 Å². The molecule has 15 heavy (non-hydrogen) atoms. The molecule has 78 valence electrons. The van der Waals surface area contributed by atoms with E-state index in [1.165, 1.54) is 6.07 Å². The molecule has 0 radical (unpaired) electrons. The third kappa shape index (κ3) is 2.34. The highest BCUT2D eigenvalue weighted by molar-refractivity contribution is 5.74. The summed E-state index contributed by atoms with van der Waals surface area (Å²) in [6, 6.07) is 2.44. The van der Waals surface area contributed by atoms with Crippen LogP contribution in [0.15, 0.2) is 12.3 Å². The van der Waals surface area contributed by atoms with E-state index < -0.39 is 18.2 Å². The summed E-state index contributed by atoms with van der Waals surface area (Å²) in [5, 5.41) is 26.7. The number of aliphatic hydroxyl groups is 2. The lowest BCUT2D eigenvalue weighted by Gasteiger charge is -2.11. The van der Waals surface area contributed by atoms with Gasteiger partial charge in [0.2, 0.25) is 5.95 Å². The van der Waals surface area contributed by atoms with E-state index >= 15 is 0 Å². The summed E-state index contributed by atoms with van der Waals surface area (Å²) in [7, 11) is 0. The number of carbonyl (C=O) groups excluding carboxylic acids is 1. The number of aliphatic hydroxyl groups excluding tert-OH is 2. The molecule has 0 saturated carbocycles. The van der Waals surface area contributed by atoms with Gasteiger partial charge in [-0.05, 0) is 6.07 Å². The lowest BCUT2D eigenvalue weighted by Crippen LogP contribution is -2.16. The minimum absolute atomic E-state index is 0.00699. The van der Waals surface area contributed by atoms with E-state index in [1.54, 1.807) is 0 Å². The van der Waals surface area contributed by atoms with E-state index in [0.29, 0.717) is 0 Å². The predicted molar refractivity (Wildman–Crippen MR) is 46.2 cm³/mol. The van der Waals surface area contributed by atoms with Crippen LogP contribution in [0.4, 0.5) is 4.39 Å². The number of halogens is 1. The Morgan fingerprint density at radius 1 is 1.60 bits per heavy atom.